The van der Waals surface area contributed by atoms with Crippen molar-refractivity contribution in [3.05, 3.63) is 28.7 Å². The van der Waals surface area contributed by atoms with E-state index < -0.39 is 0 Å². The predicted octanol–water partition coefficient (Wildman–Crippen LogP) is 2.84. The maximum absolute atomic E-state index is 12.6. The molecule has 2 bridgehead atoms. The van der Waals surface area contributed by atoms with Crippen LogP contribution in [0.2, 0.25) is 0 Å². The lowest BCUT2D eigenvalue weighted by Crippen LogP contribution is -2.41. The maximum Gasteiger partial charge on any atom is 0.263 e. The molecule has 1 N–H and O–H groups in total. The first-order valence-corrected chi connectivity index (χ1v) is 10.8. The van der Waals surface area contributed by atoms with Gasteiger partial charge in [0.25, 0.3) is 5.56 Å². The monoisotopic (exact) mass is 386 g/mol. The minimum Gasteiger partial charge on any atom is -0.353 e. The number of nitrogens with zero attached hydrogens (tertiary/aromatic N) is 3. The summed E-state index contributed by atoms with van der Waals surface area (Å²) in [5.41, 5.74) is 0.333. The molecule has 4 rings (SSSR count). The number of amides is 1. The molecule has 2 fully saturated rings. The fourth-order valence-corrected chi connectivity index (χ4v) is 5.73. The Kier molecular flexibility index (Phi) is 5.21. The van der Waals surface area contributed by atoms with Gasteiger partial charge in [-0.05, 0) is 63.0 Å². The lowest BCUT2D eigenvalue weighted by molar-refractivity contribution is -0.119. The highest BCUT2D eigenvalue weighted by Gasteiger charge is 2.42. The number of hydrogen-bond donors (Lipinski definition) is 1. The quantitative estimate of drug-likeness (QED) is 0.610. The first kappa shape index (κ1) is 18.5. The van der Waals surface area contributed by atoms with Crippen molar-refractivity contribution in [2.75, 3.05) is 5.75 Å². The molecule has 27 heavy (non-hydrogen) atoms. The van der Waals surface area contributed by atoms with Crippen molar-refractivity contribution >= 4 is 28.7 Å². The Morgan fingerprint density at radius 1 is 1.41 bits per heavy atom. The molecule has 2 aliphatic rings. The van der Waals surface area contributed by atoms with E-state index in [1.54, 1.807) is 22.9 Å². The molecule has 0 saturated heterocycles. The van der Waals surface area contributed by atoms with Crippen LogP contribution in [0.5, 0.6) is 0 Å². The van der Waals surface area contributed by atoms with Crippen molar-refractivity contribution in [1.82, 2.24) is 19.9 Å². The fraction of sp³-hybridized carbons (Fsp3) is 0.600. The Morgan fingerprint density at radius 2 is 2.26 bits per heavy atom. The van der Waals surface area contributed by atoms with Crippen LogP contribution in [0.3, 0.4) is 0 Å². The lowest BCUT2D eigenvalue weighted by atomic mass is 9.84. The number of rotatable bonds is 6. The van der Waals surface area contributed by atoms with Gasteiger partial charge in [-0.3, -0.25) is 14.2 Å². The molecule has 2 saturated carbocycles. The topological polar surface area (TPSA) is 76.9 Å². The number of hydrogen-bond acceptors (Lipinski definition) is 5. The van der Waals surface area contributed by atoms with E-state index >= 15 is 0 Å². The van der Waals surface area contributed by atoms with Gasteiger partial charge in [-0.1, -0.05) is 18.2 Å². The van der Waals surface area contributed by atoms with Crippen molar-refractivity contribution in [2.45, 2.75) is 57.3 Å². The Morgan fingerprint density at radius 3 is 2.96 bits per heavy atom. The van der Waals surface area contributed by atoms with Gasteiger partial charge in [0, 0.05) is 18.8 Å². The van der Waals surface area contributed by atoms with E-state index in [4.69, 9.17) is 0 Å². The molecule has 144 valence electrons. The van der Waals surface area contributed by atoms with Gasteiger partial charge in [0.1, 0.15) is 0 Å². The molecular weight excluding hydrogens is 360 g/mol. The van der Waals surface area contributed by atoms with E-state index in [9.17, 15) is 9.59 Å². The van der Waals surface area contributed by atoms with Gasteiger partial charge < -0.3 is 5.32 Å². The molecule has 4 atom stereocenters. The molecule has 2 heterocycles. The zero-order chi connectivity index (χ0) is 19.0. The van der Waals surface area contributed by atoms with Crippen molar-refractivity contribution < 1.29 is 4.79 Å². The molecule has 0 radical (unpaired) electrons. The van der Waals surface area contributed by atoms with E-state index in [2.05, 4.69) is 22.2 Å². The number of aromatic nitrogens is 3. The molecule has 1 amide bonds. The molecule has 2 aromatic rings. The smallest absolute Gasteiger partial charge is 0.263 e. The molecular formula is C20H26N4O2S. The normalized spacial score (nSPS) is 25.0. The number of nitrogens with one attached hydrogen (secondary N) is 1. The standard InChI is InChI=1S/C20H26N4O2S/c1-3-24-19(26)15-5-4-8-21-18(15)23-20(24)27-11-17(25)22-12(2)16-10-13-6-7-14(16)9-13/h4-5,8,12-14,16H,3,6-7,9-11H2,1-2H3,(H,22,25)/t12-,13-,14-,16+/m0/s1. The van der Waals surface area contributed by atoms with Crippen molar-refractivity contribution in [3.63, 3.8) is 0 Å². The number of carbonyl (C=O) groups is 1. The van der Waals surface area contributed by atoms with Crippen LogP contribution < -0.4 is 10.9 Å². The van der Waals surface area contributed by atoms with Gasteiger partial charge in [0.05, 0.1) is 11.1 Å². The van der Waals surface area contributed by atoms with Crippen molar-refractivity contribution in [1.29, 1.82) is 0 Å². The summed E-state index contributed by atoms with van der Waals surface area (Å²) in [5, 5.41) is 4.24. The second kappa shape index (κ2) is 7.62. The Balaban J connectivity index is 1.42. The highest BCUT2D eigenvalue weighted by atomic mass is 32.2. The van der Waals surface area contributed by atoms with Crippen molar-refractivity contribution in [3.8, 4) is 0 Å². The zero-order valence-electron chi connectivity index (χ0n) is 15.9. The molecule has 6 nitrogen and oxygen atoms in total. The largest absolute Gasteiger partial charge is 0.353 e. The fourth-order valence-electron chi connectivity index (χ4n) is 4.86. The average Bonchev–Trinajstić information content (AvgIpc) is 3.30. The van der Waals surface area contributed by atoms with E-state index in [1.807, 2.05) is 6.92 Å². The number of thioether (sulfide) groups is 1. The molecule has 2 aliphatic carbocycles. The Labute approximate surface area is 163 Å². The predicted molar refractivity (Wildman–Crippen MR) is 107 cm³/mol. The minimum atomic E-state index is -0.103. The van der Waals surface area contributed by atoms with Crippen LogP contribution in [0.1, 0.15) is 39.5 Å². The van der Waals surface area contributed by atoms with Crippen LogP contribution in [0.4, 0.5) is 0 Å². The van der Waals surface area contributed by atoms with Gasteiger partial charge in [-0.2, -0.15) is 0 Å². The summed E-state index contributed by atoms with van der Waals surface area (Å²) in [4.78, 5) is 33.8. The molecule has 0 spiro atoms. The zero-order valence-corrected chi connectivity index (χ0v) is 16.7. The third kappa shape index (κ3) is 3.61. The average molecular weight is 387 g/mol. The first-order chi connectivity index (χ1) is 13.1. The summed E-state index contributed by atoms with van der Waals surface area (Å²) in [6.07, 6.45) is 6.92. The summed E-state index contributed by atoms with van der Waals surface area (Å²) in [7, 11) is 0. The number of fused-ring (bicyclic) bond motifs is 3. The first-order valence-electron chi connectivity index (χ1n) is 9.84. The molecule has 0 unspecified atom stereocenters. The third-order valence-corrected chi connectivity index (χ3v) is 7.14. The summed E-state index contributed by atoms with van der Waals surface area (Å²) >= 11 is 1.31. The van der Waals surface area contributed by atoms with Gasteiger partial charge in [-0.25, -0.2) is 9.97 Å². The van der Waals surface area contributed by atoms with E-state index in [1.165, 1.54) is 37.4 Å². The van der Waals surface area contributed by atoms with E-state index in [0.29, 0.717) is 28.7 Å². The number of carbonyl (C=O) groups excluding carboxylic acids is 1. The number of pyridine rings is 1. The minimum absolute atomic E-state index is 0.00768. The lowest BCUT2D eigenvalue weighted by Gasteiger charge is -2.28. The van der Waals surface area contributed by atoms with Crippen molar-refractivity contribution in [2.24, 2.45) is 17.8 Å². The summed E-state index contributed by atoms with van der Waals surface area (Å²) in [6.45, 7) is 4.56. The second-order valence-corrected chi connectivity index (χ2v) is 8.74. The van der Waals surface area contributed by atoms with Gasteiger partial charge in [0.15, 0.2) is 10.8 Å². The van der Waals surface area contributed by atoms with Crippen LogP contribution in [-0.4, -0.2) is 32.2 Å². The van der Waals surface area contributed by atoms with E-state index in [0.717, 1.165) is 11.8 Å². The van der Waals surface area contributed by atoms with Crippen LogP contribution in [0.25, 0.3) is 11.0 Å². The van der Waals surface area contributed by atoms with Gasteiger partial charge >= 0.3 is 0 Å². The molecule has 0 aliphatic heterocycles. The van der Waals surface area contributed by atoms with Gasteiger partial charge in [0.2, 0.25) is 5.91 Å². The van der Waals surface area contributed by atoms with Crippen LogP contribution >= 0.6 is 11.8 Å². The highest BCUT2D eigenvalue weighted by molar-refractivity contribution is 7.99. The van der Waals surface area contributed by atoms with Crippen LogP contribution in [0.15, 0.2) is 28.3 Å². The summed E-state index contributed by atoms with van der Waals surface area (Å²) in [6, 6.07) is 3.69. The summed E-state index contributed by atoms with van der Waals surface area (Å²) < 4.78 is 1.61. The van der Waals surface area contributed by atoms with Gasteiger partial charge in [-0.15, -0.1) is 0 Å². The second-order valence-electron chi connectivity index (χ2n) is 7.80. The Hall–Kier alpha value is -1.89. The van der Waals surface area contributed by atoms with Crippen LogP contribution in [-0.2, 0) is 11.3 Å². The molecule has 7 heteroatoms. The maximum atomic E-state index is 12.6. The summed E-state index contributed by atoms with van der Waals surface area (Å²) in [5.74, 6) is 2.55. The molecule has 0 aromatic carbocycles. The Bertz CT molecular complexity index is 912. The van der Waals surface area contributed by atoms with Crippen LogP contribution in [0, 0.1) is 17.8 Å². The van der Waals surface area contributed by atoms with E-state index in [-0.39, 0.29) is 23.3 Å². The highest BCUT2D eigenvalue weighted by Crippen LogP contribution is 2.49. The molecule has 2 aromatic heterocycles. The third-order valence-electron chi connectivity index (χ3n) is 6.17. The SMILES string of the molecule is CCn1c(SCC(=O)N[C@@H](C)[C@H]2C[C@H]3CC[C@H]2C3)nc2ncccc2c1=O.